The molecule has 104 valence electrons. The van der Waals surface area contributed by atoms with Crippen LogP contribution in [-0.4, -0.2) is 20.4 Å². The number of carbonyl (C=O) groups is 1. The van der Waals surface area contributed by atoms with E-state index in [0.717, 1.165) is 21.1 Å². The molecule has 2 aromatic carbocycles. The van der Waals surface area contributed by atoms with Gasteiger partial charge in [0.25, 0.3) is 0 Å². The largest absolute Gasteiger partial charge is 0.352 e. The van der Waals surface area contributed by atoms with E-state index in [2.05, 4.69) is 14.6 Å². The second kappa shape index (κ2) is 5.27. The number of carbonyl (C=O) groups excluding carboxylic acids is 1. The zero-order valence-electron chi connectivity index (χ0n) is 10.7. The van der Waals surface area contributed by atoms with E-state index in [1.54, 1.807) is 6.07 Å². The Balaban J connectivity index is 0.00000132. The number of rotatable bonds is 2. The van der Waals surface area contributed by atoms with Gasteiger partial charge >= 0.3 is 0 Å². The molecule has 4 nitrogen and oxygen atoms in total. The molecule has 0 radical (unpaired) electrons. The Hall–Kier alpha value is -2.24. The van der Waals surface area contributed by atoms with Crippen LogP contribution < -0.4 is 0 Å². The molecule has 2 heterocycles. The zero-order chi connectivity index (χ0) is 13.5. The van der Waals surface area contributed by atoms with Crippen molar-refractivity contribution in [3.63, 3.8) is 0 Å². The van der Waals surface area contributed by atoms with Crippen molar-refractivity contribution in [1.29, 1.82) is 0 Å². The number of aromatic nitrogens is 3. The maximum Gasteiger partial charge on any atom is 0.209 e. The van der Waals surface area contributed by atoms with Gasteiger partial charge in [-0.3, -0.25) is 4.79 Å². The zero-order valence-corrected chi connectivity index (χ0v) is 12.4. The predicted octanol–water partition coefficient (Wildman–Crippen LogP) is 3.83. The van der Waals surface area contributed by atoms with Gasteiger partial charge in [-0.1, -0.05) is 22.7 Å². The molecule has 0 amide bonds. The summed E-state index contributed by atoms with van der Waals surface area (Å²) < 4.78 is 4.87. The van der Waals surface area contributed by atoms with E-state index in [9.17, 15) is 4.79 Å². The summed E-state index contributed by atoms with van der Waals surface area (Å²) in [6.45, 7) is 0. The molecule has 0 saturated heterocycles. The number of hydrogen-bond acceptors (Lipinski definition) is 4. The topological polar surface area (TPSA) is 58.6 Å². The number of aromatic amines is 1. The van der Waals surface area contributed by atoms with Crippen molar-refractivity contribution in [2.75, 3.05) is 0 Å². The highest BCUT2D eigenvalue weighted by atomic mass is 35.5. The minimum atomic E-state index is -0.0314. The van der Waals surface area contributed by atoms with Gasteiger partial charge in [0.15, 0.2) is 0 Å². The lowest BCUT2D eigenvalue weighted by atomic mass is 10.1. The minimum Gasteiger partial charge on any atom is -0.352 e. The first kappa shape index (κ1) is 13.7. The number of hydrogen-bond donors (Lipinski definition) is 1. The lowest BCUT2D eigenvalue weighted by Crippen LogP contribution is -2.01. The average molecular weight is 316 g/mol. The number of H-pyrrole nitrogens is 1. The number of fused-ring (bicyclic) bond motifs is 2. The van der Waals surface area contributed by atoms with E-state index >= 15 is 0 Å². The molecule has 4 aromatic rings. The fourth-order valence-corrected chi connectivity index (χ4v) is 2.81. The van der Waals surface area contributed by atoms with Crippen LogP contribution in [0.15, 0.2) is 48.5 Å². The average Bonchev–Trinajstić information content (AvgIpc) is 3.11. The molecule has 6 heteroatoms. The Kier molecular flexibility index (Phi) is 3.45. The van der Waals surface area contributed by atoms with E-state index in [1.807, 2.05) is 42.5 Å². The summed E-state index contributed by atoms with van der Waals surface area (Å²) in [6.07, 6.45) is 0. The van der Waals surface area contributed by atoms with Crippen LogP contribution in [0.2, 0.25) is 0 Å². The molecule has 21 heavy (non-hydrogen) atoms. The molecule has 0 unspecified atom stereocenters. The summed E-state index contributed by atoms with van der Waals surface area (Å²) in [5.74, 6) is -0.0314. The molecule has 0 aliphatic rings. The molecule has 0 fully saturated rings. The second-order valence-electron chi connectivity index (χ2n) is 4.55. The first-order valence-corrected chi connectivity index (χ1v) is 6.93. The van der Waals surface area contributed by atoms with E-state index in [-0.39, 0.29) is 18.2 Å². The van der Waals surface area contributed by atoms with Gasteiger partial charge in [-0.05, 0) is 41.9 Å². The Labute approximate surface area is 130 Å². The molecule has 2 aromatic heterocycles. The standard InChI is InChI=1S/C15H9N3OS.ClH/c19-15(10-5-6-14-12(8-10)17-18-20-14)13-7-9-3-1-2-4-11(9)16-13;/h1-8,16H;1H. The quantitative estimate of drug-likeness (QED) is 0.572. The van der Waals surface area contributed by atoms with Crippen LogP contribution in [0.4, 0.5) is 0 Å². The maximum absolute atomic E-state index is 12.5. The van der Waals surface area contributed by atoms with Gasteiger partial charge in [-0.15, -0.1) is 17.5 Å². The summed E-state index contributed by atoms with van der Waals surface area (Å²) in [5.41, 5.74) is 2.94. The second-order valence-corrected chi connectivity index (χ2v) is 5.34. The van der Waals surface area contributed by atoms with Crippen LogP contribution in [0, 0.1) is 0 Å². The van der Waals surface area contributed by atoms with Crippen molar-refractivity contribution in [1.82, 2.24) is 14.6 Å². The molecular weight excluding hydrogens is 306 g/mol. The highest BCUT2D eigenvalue weighted by molar-refractivity contribution is 7.12. The van der Waals surface area contributed by atoms with Gasteiger partial charge in [0.2, 0.25) is 5.78 Å². The van der Waals surface area contributed by atoms with Crippen molar-refractivity contribution in [2.45, 2.75) is 0 Å². The summed E-state index contributed by atoms with van der Waals surface area (Å²) in [6, 6.07) is 15.2. The van der Waals surface area contributed by atoms with Crippen molar-refractivity contribution in [2.24, 2.45) is 0 Å². The lowest BCUT2D eigenvalue weighted by Gasteiger charge is -1.97. The number of nitrogens with one attached hydrogen (secondary N) is 1. The van der Waals surface area contributed by atoms with Crippen LogP contribution in [0.1, 0.15) is 16.1 Å². The summed E-state index contributed by atoms with van der Waals surface area (Å²) in [4.78, 5) is 15.7. The third-order valence-electron chi connectivity index (χ3n) is 3.28. The molecular formula is C15H10ClN3OS. The van der Waals surface area contributed by atoms with Crippen LogP contribution in [-0.2, 0) is 0 Å². The Morgan fingerprint density at radius 2 is 1.95 bits per heavy atom. The molecule has 0 bridgehead atoms. The van der Waals surface area contributed by atoms with Crippen molar-refractivity contribution in [3.8, 4) is 0 Å². The number of halogens is 1. The SMILES string of the molecule is Cl.O=C(c1ccc2snnc2c1)c1cc2ccccc2[nH]1. The van der Waals surface area contributed by atoms with Gasteiger partial charge < -0.3 is 4.98 Å². The molecule has 0 saturated carbocycles. The third kappa shape index (κ3) is 2.30. The molecule has 0 spiro atoms. The molecule has 1 N–H and O–H groups in total. The minimum absolute atomic E-state index is 0. The van der Waals surface area contributed by atoms with Gasteiger partial charge in [0.1, 0.15) is 5.52 Å². The molecule has 4 rings (SSSR count). The first-order chi connectivity index (χ1) is 9.81. The Morgan fingerprint density at radius 1 is 1.10 bits per heavy atom. The van der Waals surface area contributed by atoms with Crippen molar-refractivity contribution in [3.05, 3.63) is 59.8 Å². The first-order valence-electron chi connectivity index (χ1n) is 6.16. The van der Waals surface area contributed by atoms with Crippen LogP contribution >= 0.6 is 23.9 Å². The van der Waals surface area contributed by atoms with Crippen molar-refractivity contribution >= 4 is 50.8 Å². The third-order valence-corrected chi connectivity index (χ3v) is 3.99. The molecule has 0 atom stereocenters. The fourth-order valence-electron chi connectivity index (χ4n) is 2.27. The monoisotopic (exact) mass is 315 g/mol. The number of benzene rings is 2. The summed E-state index contributed by atoms with van der Waals surface area (Å²) in [5, 5.41) is 5.04. The van der Waals surface area contributed by atoms with E-state index in [0.29, 0.717) is 11.3 Å². The highest BCUT2D eigenvalue weighted by Gasteiger charge is 2.13. The van der Waals surface area contributed by atoms with Crippen LogP contribution in [0.25, 0.3) is 21.1 Å². The fraction of sp³-hybridized carbons (Fsp3) is 0. The van der Waals surface area contributed by atoms with E-state index in [4.69, 9.17) is 0 Å². The van der Waals surface area contributed by atoms with E-state index in [1.165, 1.54) is 11.5 Å². The number of ketones is 1. The summed E-state index contributed by atoms with van der Waals surface area (Å²) in [7, 11) is 0. The normalized spacial score (nSPS) is 10.7. The van der Waals surface area contributed by atoms with Gasteiger partial charge in [0.05, 0.1) is 10.4 Å². The molecule has 0 aliphatic heterocycles. The summed E-state index contributed by atoms with van der Waals surface area (Å²) >= 11 is 1.33. The number of nitrogens with zero attached hydrogens (tertiary/aromatic N) is 2. The highest BCUT2D eigenvalue weighted by Crippen LogP contribution is 2.21. The van der Waals surface area contributed by atoms with E-state index < -0.39 is 0 Å². The van der Waals surface area contributed by atoms with Gasteiger partial charge in [-0.25, -0.2) is 0 Å². The van der Waals surface area contributed by atoms with Crippen molar-refractivity contribution < 1.29 is 4.79 Å². The molecule has 0 aliphatic carbocycles. The lowest BCUT2D eigenvalue weighted by molar-refractivity contribution is 0.103. The maximum atomic E-state index is 12.5. The predicted molar refractivity (Wildman–Crippen MR) is 86.4 cm³/mol. The Bertz CT molecular complexity index is 907. The van der Waals surface area contributed by atoms with Crippen LogP contribution in [0.3, 0.4) is 0 Å². The van der Waals surface area contributed by atoms with Crippen LogP contribution in [0.5, 0.6) is 0 Å². The number of para-hydroxylation sites is 1. The van der Waals surface area contributed by atoms with Gasteiger partial charge in [0, 0.05) is 16.5 Å². The smallest absolute Gasteiger partial charge is 0.209 e. The Morgan fingerprint density at radius 3 is 2.81 bits per heavy atom. The van der Waals surface area contributed by atoms with Gasteiger partial charge in [-0.2, -0.15) is 0 Å².